The standard InChI is InChI=1S/C23H15ClO5/c1-27-17-8-4-15(5-9-17)23(26)28-18-10-11-19-20(13-18)29-21(22(19)25)12-14-2-6-16(24)7-3-14/h2-13H,1H3. The molecule has 0 radical (unpaired) electrons. The normalized spacial score (nSPS) is 13.7. The SMILES string of the molecule is COc1ccc(C(=O)Oc2ccc3c(c2)OC(=Cc2ccc(Cl)cc2)C3=O)cc1. The molecule has 0 N–H and O–H groups in total. The van der Waals surface area contributed by atoms with E-state index in [2.05, 4.69) is 0 Å². The average molecular weight is 407 g/mol. The van der Waals surface area contributed by atoms with Crippen molar-refractivity contribution < 1.29 is 23.8 Å². The van der Waals surface area contributed by atoms with Crippen molar-refractivity contribution in [3.8, 4) is 17.2 Å². The highest BCUT2D eigenvalue weighted by Gasteiger charge is 2.28. The van der Waals surface area contributed by atoms with Gasteiger partial charge < -0.3 is 14.2 Å². The van der Waals surface area contributed by atoms with Crippen LogP contribution in [0.15, 0.2) is 72.5 Å². The first kappa shape index (κ1) is 18.8. The lowest BCUT2D eigenvalue weighted by atomic mass is 10.1. The Morgan fingerprint density at radius 2 is 1.66 bits per heavy atom. The van der Waals surface area contributed by atoms with Gasteiger partial charge in [0.15, 0.2) is 5.76 Å². The second-order valence-electron chi connectivity index (χ2n) is 6.27. The van der Waals surface area contributed by atoms with Crippen LogP contribution in [0.25, 0.3) is 6.08 Å². The van der Waals surface area contributed by atoms with E-state index in [9.17, 15) is 9.59 Å². The van der Waals surface area contributed by atoms with E-state index in [1.165, 1.54) is 6.07 Å². The minimum absolute atomic E-state index is 0.195. The molecule has 0 aliphatic carbocycles. The van der Waals surface area contributed by atoms with E-state index in [0.29, 0.717) is 27.6 Å². The first-order valence-corrected chi connectivity index (χ1v) is 9.11. The molecule has 29 heavy (non-hydrogen) atoms. The van der Waals surface area contributed by atoms with Gasteiger partial charge in [-0.05, 0) is 60.2 Å². The Morgan fingerprint density at radius 1 is 0.966 bits per heavy atom. The Hall–Kier alpha value is -3.57. The molecule has 0 unspecified atom stereocenters. The van der Waals surface area contributed by atoms with Crippen LogP contribution in [0.1, 0.15) is 26.3 Å². The van der Waals surface area contributed by atoms with Gasteiger partial charge in [0.2, 0.25) is 5.78 Å². The molecule has 0 bridgehead atoms. The van der Waals surface area contributed by atoms with Crippen molar-refractivity contribution in [2.75, 3.05) is 7.11 Å². The van der Waals surface area contributed by atoms with E-state index in [0.717, 1.165) is 5.56 Å². The summed E-state index contributed by atoms with van der Waals surface area (Å²) in [7, 11) is 1.55. The van der Waals surface area contributed by atoms with Crippen molar-refractivity contribution >= 4 is 29.4 Å². The number of halogens is 1. The molecule has 3 aromatic carbocycles. The highest BCUT2D eigenvalue weighted by molar-refractivity contribution is 6.30. The molecule has 0 atom stereocenters. The van der Waals surface area contributed by atoms with Crippen LogP contribution in [0.2, 0.25) is 5.02 Å². The average Bonchev–Trinajstić information content (AvgIpc) is 3.04. The molecule has 4 rings (SSSR count). The van der Waals surface area contributed by atoms with Crippen molar-refractivity contribution in [2.45, 2.75) is 0 Å². The summed E-state index contributed by atoms with van der Waals surface area (Å²) in [5.74, 6) is 0.712. The Kier molecular flexibility index (Phi) is 5.06. The summed E-state index contributed by atoms with van der Waals surface area (Å²) < 4.78 is 16.2. The lowest BCUT2D eigenvalue weighted by Gasteiger charge is -2.06. The molecule has 3 aromatic rings. The van der Waals surface area contributed by atoms with Crippen LogP contribution < -0.4 is 14.2 Å². The van der Waals surface area contributed by atoms with Gasteiger partial charge in [-0.2, -0.15) is 0 Å². The van der Waals surface area contributed by atoms with Crippen LogP contribution in [0.3, 0.4) is 0 Å². The second-order valence-corrected chi connectivity index (χ2v) is 6.70. The molecule has 5 nitrogen and oxygen atoms in total. The fourth-order valence-corrected chi connectivity index (χ4v) is 2.96. The molecular weight excluding hydrogens is 392 g/mol. The summed E-state index contributed by atoms with van der Waals surface area (Å²) in [5.41, 5.74) is 1.58. The minimum atomic E-state index is -0.520. The zero-order chi connectivity index (χ0) is 20.4. The first-order valence-electron chi connectivity index (χ1n) is 8.73. The number of ether oxygens (including phenoxy) is 3. The molecule has 1 heterocycles. The zero-order valence-corrected chi connectivity index (χ0v) is 16.1. The number of Topliss-reactive ketones (excluding diaryl/α,β-unsaturated/α-hetero) is 1. The lowest BCUT2D eigenvalue weighted by Crippen LogP contribution is -2.08. The number of carbonyl (C=O) groups is 2. The second kappa shape index (κ2) is 7.81. The summed E-state index contributed by atoms with van der Waals surface area (Å²) in [4.78, 5) is 24.9. The van der Waals surface area contributed by atoms with E-state index in [1.807, 2.05) is 0 Å². The van der Waals surface area contributed by atoms with E-state index < -0.39 is 5.97 Å². The summed E-state index contributed by atoms with van der Waals surface area (Å²) >= 11 is 5.88. The summed E-state index contributed by atoms with van der Waals surface area (Å²) in [6.07, 6.45) is 1.64. The van der Waals surface area contributed by atoms with Gasteiger partial charge in [0.05, 0.1) is 18.2 Å². The molecule has 144 valence electrons. The van der Waals surface area contributed by atoms with Gasteiger partial charge in [0.25, 0.3) is 0 Å². The third-order valence-electron chi connectivity index (χ3n) is 4.35. The Balaban J connectivity index is 1.52. The van der Waals surface area contributed by atoms with Crippen LogP contribution in [0, 0.1) is 0 Å². The van der Waals surface area contributed by atoms with Crippen molar-refractivity contribution in [1.82, 2.24) is 0 Å². The topological polar surface area (TPSA) is 61.8 Å². The Labute approximate surface area is 172 Å². The van der Waals surface area contributed by atoms with Crippen LogP contribution in [0.4, 0.5) is 0 Å². The molecule has 0 saturated carbocycles. The quantitative estimate of drug-likeness (QED) is 0.339. The summed E-state index contributed by atoms with van der Waals surface area (Å²) in [5, 5.41) is 0.609. The molecule has 0 fully saturated rings. The number of methoxy groups -OCH3 is 1. The predicted molar refractivity (Wildman–Crippen MR) is 109 cm³/mol. The van der Waals surface area contributed by atoms with Crippen molar-refractivity contribution in [3.05, 3.63) is 94.2 Å². The van der Waals surface area contributed by atoms with Crippen molar-refractivity contribution in [2.24, 2.45) is 0 Å². The molecular formula is C23H15ClO5. The maximum absolute atomic E-state index is 12.5. The summed E-state index contributed by atoms with van der Waals surface area (Å²) in [6.45, 7) is 0. The van der Waals surface area contributed by atoms with Gasteiger partial charge >= 0.3 is 5.97 Å². The first-order chi connectivity index (χ1) is 14.0. The molecule has 0 spiro atoms. The highest BCUT2D eigenvalue weighted by atomic mass is 35.5. The highest BCUT2D eigenvalue weighted by Crippen LogP contribution is 2.35. The zero-order valence-electron chi connectivity index (χ0n) is 15.3. The smallest absolute Gasteiger partial charge is 0.343 e. The lowest BCUT2D eigenvalue weighted by molar-refractivity contribution is 0.0734. The van der Waals surface area contributed by atoms with Crippen LogP contribution in [-0.2, 0) is 0 Å². The van der Waals surface area contributed by atoms with Gasteiger partial charge in [-0.1, -0.05) is 23.7 Å². The van der Waals surface area contributed by atoms with Crippen LogP contribution in [0.5, 0.6) is 17.2 Å². The van der Waals surface area contributed by atoms with Crippen molar-refractivity contribution in [1.29, 1.82) is 0 Å². The van der Waals surface area contributed by atoms with Gasteiger partial charge in [-0.15, -0.1) is 0 Å². The summed E-state index contributed by atoms with van der Waals surface area (Å²) in [6, 6.07) is 18.3. The maximum Gasteiger partial charge on any atom is 0.343 e. The number of ketones is 1. The molecule has 6 heteroatoms. The fourth-order valence-electron chi connectivity index (χ4n) is 2.83. The third kappa shape index (κ3) is 4.00. The fraction of sp³-hybridized carbons (Fsp3) is 0.0435. The number of rotatable bonds is 4. The molecule has 0 aromatic heterocycles. The van der Waals surface area contributed by atoms with Crippen molar-refractivity contribution in [3.63, 3.8) is 0 Å². The third-order valence-corrected chi connectivity index (χ3v) is 4.60. The Bertz CT molecular complexity index is 1120. The number of hydrogen-bond acceptors (Lipinski definition) is 5. The van der Waals surface area contributed by atoms with E-state index >= 15 is 0 Å². The molecule has 0 amide bonds. The monoisotopic (exact) mass is 406 g/mol. The molecule has 0 saturated heterocycles. The number of hydrogen-bond donors (Lipinski definition) is 0. The van der Waals surface area contributed by atoms with Gasteiger partial charge in [0.1, 0.15) is 17.2 Å². The van der Waals surface area contributed by atoms with E-state index in [-0.39, 0.29) is 17.3 Å². The van der Waals surface area contributed by atoms with Crippen LogP contribution in [-0.4, -0.2) is 18.9 Å². The Morgan fingerprint density at radius 3 is 2.34 bits per heavy atom. The number of allylic oxidation sites excluding steroid dienone is 1. The number of fused-ring (bicyclic) bond motifs is 1. The van der Waals surface area contributed by atoms with Crippen LogP contribution >= 0.6 is 11.6 Å². The number of carbonyl (C=O) groups excluding carboxylic acids is 2. The van der Waals surface area contributed by atoms with E-state index in [1.54, 1.807) is 73.8 Å². The van der Waals surface area contributed by atoms with Gasteiger partial charge in [-0.25, -0.2) is 4.79 Å². The van der Waals surface area contributed by atoms with Gasteiger partial charge in [0, 0.05) is 11.1 Å². The largest absolute Gasteiger partial charge is 0.497 e. The number of esters is 1. The maximum atomic E-state index is 12.5. The predicted octanol–water partition coefficient (Wildman–Crippen LogP) is 5.18. The molecule has 1 aliphatic heterocycles. The molecule has 1 aliphatic rings. The minimum Gasteiger partial charge on any atom is -0.497 e. The number of benzene rings is 3. The van der Waals surface area contributed by atoms with E-state index in [4.69, 9.17) is 25.8 Å². The van der Waals surface area contributed by atoms with Gasteiger partial charge in [-0.3, -0.25) is 4.79 Å².